The fraction of sp³-hybridized carbons (Fsp3) is 0.452. The van der Waals surface area contributed by atoms with Gasteiger partial charge >= 0.3 is 23.8 Å². The third-order valence-corrected chi connectivity index (χ3v) is 7.41. The van der Waals surface area contributed by atoms with Crippen LogP contribution in [-0.4, -0.2) is 41.2 Å². The van der Waals surface area contributed by atoms with Gasteiger partial charge in [-0.05, 0) is 63.3 Å². The summed E-state index contributed by atoms with van der Waals surface area (Å²) >= 11 is 0. The Morgan fingerprint density at radius 3 is 2.33 bits per heavy atom. The summed E-state index contributed by atoms with van der Waals surface area (Å²) in [6, 6.07) is 5.78. The second kappa shape index (κ2) is 11.8. The third kappa shape index (κ3) is 6.57. The van der Waals surface area contributed by atoms with Crippen LogP contribution in [0.1, 0.15) is 84.9 Å². The van der Waals surface area contributed by atoms with E-state index in [-0.39, 0.29) is 36.6 Å². The number of aromatic amines is 1. The average molecular weight is 601 g/mol. The molecule has 0 aliphatic carbocycles. The average Bonchev–Trinajstić information content (AvgIpc) is 3.61. The molecule has 2 N–H and O–H groups in total. The monoisotopic (exact) mass is 600 g/mol. The molecular weight excluding hydrogens is 565 g/mol. The van der Waals surface area contributed by atoms with Crippen molar-refractivity contribution in [3.05, 3.63) is 76.3 Å². The number of amides is 1. The van der Waals surface area contributed by atoms with Gasteiger partial charge in [0.1, 0.15) is 17.9 Å². The molecule has 3 heterocycles. The first-order valence-electron chi connectivity index (χ1n) is 14.0. The smallest absolute Gasteiger partial charge is 0.442 e. The molecule has 2 atom stereocenters. The van der Waals surface area contributed by atoms with Gasteiger partial charge in [0.25, 0.3) is 0 Å². The van der Waals surface area contributed by atoms with Gasteiger partial charge in [0.05, 0.1) is 5.92 Å². The number of halogens is 3. The van der Waals surface area contributed by atoms with Crippen molar-refractivity contribution >= 4 is 23.9 Å². The first kappa shape index (κ1) is 31.7. The third-order valence-electron chi connectivity index (χ3n) is 7.41. The molecular formula is C31H35F3N4O5. The van der Waals surface area contributed by atoms with Crippen molar-refractivity contribution in [3.63, 3.8) is 0 Å². The lowest BCUT2D eigenvalue weighted by Crippen LogP contribution is -2.30. The Kier molecular flexibility index (Phi) is 8.71. The molecule has 1 aromatic carbocycles. The molecule has 43 heavy (non-hydrogen) atoms. The lowest BCUT2D eigenvalue weighted by atomic mass is 9.83. The molecule has 4 rings (SSSR count). The van der Waals surface area contributed by atoms with Gasteiger partial charge in [-0.25, -0.2) is 4.79 Å². The van der Waals surface area contributed by atoms with E-state index in [0.717, 1.165) is 0 Å². The molecule has 0 bridgehead atoms. The lowest BCUT2D eigenvalue weighted by Gasteiger charge is -2.19. The van der Waals surface area contributed by atoms with Gasteiger partial charge in [-0.1, -0.05) is 43.8 Å². The number of nitrogens with zero attached hydrogens (tertiary/aromatic N) is 2. The van der Waals surface area contributed by atoms with Crippen LogP contribution >= 0.6 is 0 Å². The Hall–Kier alpha value is -4.22. The highest BCUT2D eigenvalue weighted by atomic mass is 19.4. The maximum absolute atomic E-state index is 13.5. The molecule has 2 aliphatic heterocycles. The molecule has 2 unspecified atom stereocenters. The number of hydrogen-bond acceptors (Lipinski definition) is 7. The second-order valence-electron chi connectivity index (χ2n) is 11.6. The molecule has 2 aromatic rings. The minimum Gasteiger partial charge on any atom is -0.461 e. The quantitative estimate of drug-likeness (QED) is 0.241. The number of rotatable bonds is 10. The zero-order valence-electron chi connectivity index (χ0n) is 24.7. The van der Waals surface area contributed by atoms with Crippen molar-refractivity contribution in [2.24, 2.45) is 16.1 Å². The molecule has 1 saturated heterocycles. The fourth-order valence-electron chi connectivity index (χ4n) is 5.23. The van der Waals surface area contributed by atoms with E-state index in [1.165, 1.54) is 18.2 Å². The number of allylic oxidation sites excluding steroid dienone is 1. The zero-order valence-corrected chi connectivity index (χ0v) is 24.7. The summed E-state index contributed by atoms with van der Waals surface area (Å²) < 4.78 is 51.2. The summed E-state index contributed by atoms with van der Waals surface area (Å²) in [6.07, 6.45) is -0.769. The van der Waals surface area contributed by atoms with Crippen molar-refractivity contribution in [3.8, 4) is 0 Å². The van der Waals surface area contributed by atoms with Crippen molar-refractivity contribution in [1.82, 2.24) is 10.3 Å². The van der Waals surface area contributed by atoms with Crippen LogP contribution < -0.4 is 5.32 Å². The number of carbonyl (C=O) groups is 3. The summed E-state index contributed by atoms with van der Waals surface area (Å²) in [5, 5.41) is 9.44. The Balaban J connectivity index is 1.71. The molecule has 1 amide bonds. The van der Waals surface area contributed by atoms with E-state index in [9.17, 15) is 27.6 Å². The Bertz CT molecular complexity index is 1480. The molecule has 0 spiro atoms. The number of benzene rings is 1. The minimum atomic E-state index is -4.65. The van der Waals surface area contributed by atoms with Crippen LogP contribution in [-0.2, 0) is 31.1 Å². The number of aromatic nitrogens is 1. The summed E-state index contributed by atoms with van der Waals surface area (Å²) in [5.41, 5.74) is -0.290. The Morgan fingerprint density at radius 2 is 1.79 bits per heavy atom. The maximum atomic E-state index is 13.5. The lowest BCUT2D eigenvalue weighted by molar-refractivity contribution is -0.166. The van der Waals surface area contributed by atoms with Gasteiger partial charge < -0.3 is 19.8 Å². The van der Waals surface area contributed by atoms with Crippen LogP contribution in [0.2, 0.25) is 0 Å². The number of ether oxygens (including phenoxy) is 2. The highest BCUT2D eigenvalue weighted by Gasteiger charge is 2.65. The minimum absolute atomic E-state index is 0.0138. The fourth-order valence-corrected chi connectivity index (χ4v) is 5.23. The predicted molar refractivity (Wildman–Crippen MR) is 152 cm³/mol. The Labute approximate surface area is 247 Å². The molecule has 12 heteroatoms. The van der Waals surface area contributed by atoms with Crippen LogP contribution in [0.3, 0.4) is 0 Å². The normalized spacial score (nSPS) is 20.2. The van der Waals surface area contributed by atoms with Gasteiger partial charge in [0, 0.05) is 29.3 Å². The summed E-state index contributed by atoms with van der Waals surface area (Å²) in [4.78, 5) is 41.4. The number of carbonyl (C=O) groups excluding carboxylic acids is 3. The number of nitrogens with one attached hydrogen (secondary N) is 2. The molecule has 1 aromatic heterocycles. The number of hydrogen-bond donors (Lipinski definition) is 2. The predicted octanol–water partition coefficient (Wildman–Crippen LogP) is 6.40. The standard InChI is InChI=1S/C31H35F3N4O5/c1-7-15-42-24(39)14-13-21-17(3)22(35-26(21)28(41)43-29(4,5)6)16-23-25(20(8-2)27(40)36-23)18-9-11-19(12-10-18)30(37-38-30)31(32,33)34/h7,9-12,16,20,25,35H,1,8,13-15H2,2-6H3,(H,36,40)/b23-16-. The maximum Gasteiger partial charge on any atom is 0.442 e. The van der Waals surface area contributed by atoms with Gasteiger partial charge in [0.2, 0.25) is 5.91 Å². The molecule has 9 nitrogen and oxygen atoms in total. The highest BCUT2D eigenvalue weighted by molar-refractivity contribution is 5.92. The number of alkyl halides is 3. The largest absolute Gasteiger partial charge is 0.461 e. The first-order chi connectivity index (χ1) is 20.1. The summed E-state index contributed by atoms with van der Waals surface area (Å²) in [6.45, 7) is 12.5. The highest BCUT2D eigenvalue weighted by Crippen LogP contribution is 2.52. The van der Waals surface area contributed by atoms with Crippen molar-refractivity contribution < 1.29 is 37.0 Å². The van der Waals surface area contributed by atoms with E-state index in [1.54, 1.807) is 45.9 Å². The molecule has 2 aliphatic rings. The SMILES string of the molecule is C=CCOC(=O)CCc1c(C(=O)OC(C)(C)C)[nH]c(/C=C2\NC(=O)C(CC)C2c2ccc(C3(C(F)(F)F)N=N3)cc2)c1C. The van der Waals surface area contributed by atoms with E-state index in [4.69, 9.17) is 9.47 Å². The summed E-state index contributed by atoms with van der Waals surface area (Å²) in [7, 11) is 0. The van der Waals surface area contributed by atoms with Crippen LogP contribution in [0, 0.1) is 12.8 Å². The molecule has 230 valence electrons. The van der Waals surface area contributed by atoms with Crippen LogP contribution in [0.5, 0.6) is 0 Å². The van der Waals surface area contributed by atoms with Crippen LogP contribution in [0.15, 0.2) is 52.8 Å². The van der Waals surface area contributed by atoms with Gasteiger partial charge in [0.15, 0.2) is 0 Å². The van der Waals surface area contributed by atoms with E-state index >= 15 is 0 Å². The molecule has 1 fully saturated rings. The first-order valence-corrected chi connectivity index (χ1v) is 14.0. The topological polar surface area (TPSA) is 122 Å². The van der Waals surface area contributed by atoms with Crippen LogP contribution in [0.25, 0.3) is 6.08 Å². The molecule has 0 radical (unpaired) electrons. The van der Waals surface area contributed by atoms with E-state index in [2.05, 4.69) is 27.1 Å². The van der Waals surface area contributed by atoms with Crippen molar-refractivity contribution in [2.45, 2.75) is 77.2 Å². The second-order valence-corrected chi connectivity index (χ2v) is 11.6. The van der Waals surface area contributed by atoms with Crippen LogP contribution in [0.4, 0.5) is 13.2 Å². The van der Waals surface area contributed by atoms with Crippen molar-refractivity contribution in [1.29, 1.82) is 0 Å². The Morgan fingerprint density at radius 1 is 1.14 bits per heavy atom. The van der Waals surface area contributed by atoms with E-state index < -0.39 is 41.2 Å². The zero-order chi connectivity index (χ0) is 31.7. The van der Waals surface area contributed by atoms with E-state index in [0.29, 0.717) is 34.5 Å². The van der Waals surface area contributed by atoms with Crippen molar-refractivity contribution in [2.75, 3.05) is 6.61 Å². The number of H-pyrrole nitrogens is 1. The van der Waals surface area contributed by atoms with Gasteiger partial charge in [-0.3, -0.25) is 9.59 Å². The van der Waals surface area contributed by atoms with Gasteiger partial charge in [-0.15, -0.1) is 10.2 Å². The molecule has 0 saturated carbocycles. The summed E-state index contributed by atoms with van der Waals surface area (Å²) in [5.74, 6) is -2.22. The van der Waals surface area contributed by atoms with Gasteiger partial charge in [-0.2, -0.15) is 13.2 Å². The number of esters is 2. The van der Waals surface area contributed by atoms with E-state index in [1.807, 2.05) is 6.92 Å².